The summed E-state index contributed by atoms with van der Waals surface area (Å²) in [5, 5.41) is 3.83. The number of Topliss-reactive ketones (excluding diaryl/α,β-unsaturated/α-hetero) is 1. The number of carbonyl (C=O) groups excluding carboxylic acids is 2. The first-order chi connectivity index (χ1) is 14.9. The van der Waals surface area contributed by atoms with Gasteiger partial charge in [-0.15, -0.1) is 11.3 Å². The second-order valence-corrected chi connectivity index (χ2v) is 10.0. The third-order valence-electron chi connectivity index (χ3n) is 5.63. The largest absolute Gasteiger partial charge is 0.325 e. The molecule has 0 unspecified atom stereocenters. The van der Waals surface area contributed by atoms with Crippen LogP contribution < -0.4 is 10.9 Å². The Kier molecular flexibility index (Phi) is 6.29. The molecule has 0 radical (unpaired) electrons. The molecule has 0 bridgehead atoms. The van der Waals surface area contributed by atoms with E-state index in [1.54, 1.807) is 47.2 Å². The number of amides is 1. The van der Waals surface area contributed by atoms with E-state index in [1.807, 2.05) is 6.92 Å². The van der Waals surface area contributed by atoms with Crippen LogP contribution in [0.25, 0.3) is 10.2 Å². The van der Waals surface area contributed by atoms with Gasteiger partial charge in [0.25, 0.3) is 5.56 Å². The molecule has 0 saturated heterocycles. The summed E-state index contributed by atoms with van der Waals surface area (Å²) in [5.41, 5.74) is 2.39. The number of fused-ring (bicyclic) bond motifs is 3. The van der Waals surface area contributed by atoms with E-state index < -0.39 is 5.25 Å². The van der Waals surface area contributed by atoms with Gasteiger partial charge >= 0.3 is 0 Å². The second kappa shape index (κ2) is 8.96. The van der Waals surface area contributed by atoms with Crippen LogP contribution in [0.3, 0.4) is 0 Å². The first-order valence-corrected chi connectivity index (χ1v) is 12.2. The van der Waals surface area contributed by atoms with Crippen LogP contribution in [0.2, 0.25) is 0 Å². The minimum atomic E-state index is -0.391. The highest BCUT2D eigenvalue weighted by Crippen LogP contribution is 2.35. The number of aryl methyl sites for hydroxylation is 2. The maximum atomic E-state index is 13.1. The molecule has 0 aliphatic heterocycles. The van der Waals surface area contributed by atoms with Gasteiger partial charge in [-0.2, -0.15) is 0 Å². The fraction of sp³-hybridized carbons (Fsp3) is 0.391. The van der Waals surface area contributed by atoms with E-state index in [0.29, 0.717) is 22.8 Å². The summed E-state index contributed by atoms with van der Waals surface area (Å²) in [5.74, 6) is -0.166. The Morgan fingerprint density at radius 2 is 1.94 bits per heavy atom. The minimum Gasteiger partial charge on any atom is -0.325 e. The standard InChI is InChI=1S/C23H25N3O3S2/c1-4-17(20(28)24-15-11-9-14(10-12-15)13(2)27)31-23-25-21-19(22(29)26(23)3)16-7-5-6-8-18(16)30-21/h9-12,17H,4-8H2,1-3H3,(H,24,28)/t17-/m0/s1. The molecule has 1 aliphatic rings. The number of nitrogens with one attached hydrogen (secondary N) is 1. The molecule has 8 heteroatoms. The molecule has 6 nitrogen and oxygen atoms in total. The molecule has 1 N–H and O–H groups in total. The fourth-order valence-corrected chi connectivity index (χ4v) is 6.11. The van der Waals surface area contributed by atoms with Crippen LogP contribution in [-0.4, -0.2) is 26.5 Å². The molecule has 1 aromatic carbocycles. The maximum Gasteiger partial charge on any atom is 0.262 e. The summed E-state index contributed by atoms with van der Waals surface area (Å²) >= 11 is 2.94. The zero-order valence-electron chi connectivity index (χ0n) is 17.9. The van der Waals surface area contributed by atoms with Crippen LogP contribution in [0.15, 0.2) is 34.2 Å². The highest BCUT2D eigenvalue weighted by Gasteiger charge is 2.24. The predicted molar refractivity (Wildman–Crippen MR) is 127 cm³/mol. The highest BCUT2D eigenvalue weighted by molar-refractivity contribution is 8.00. The number of thiophene rings is 1. The van der Waals surface area contributed by atoms with Gasteiger partial charge < -0.3 is 5.32 Å². The molecular weight excluding hydrogens is 430 g/mol. The average Bonchev–Trinajstić information content (AvgIpc) is 3.13. The fourth-order valence-electron chi connectivity index (χ4n) is 3.83. The number of anilines is 1. The zero-order chi connectivity index (χ0) is 22.1. The lowest BCUT2D eigenvalue weighted by molar-refractivity contribution is -0.115. The maximum absolute atomic E-state index is 13.1. The molecule has 2 aromatic heterocycles. The summed E-state index contributed by atoms with van der Waals surface area (Å²) in [6, 6.07) is 6.85. The van der Waals surface area contributed by atoms with E-state index in [9.17, 15) is 14.4 Å². The number of nitrogens with zero attached hydrogens (tertiary/aromatic N) is 2. The summed E-state index contributed by atoms with van der Waals surface area (Å²) in [4.78, 5) is 44.2. The lowest BCUT2D eigenvalue weighted by Gasteiger charge is -2.16. The number of hydrogen-bond donors (Lipinski definition) is 1. The lowest BCUT2D eigenvalue weighted by atomic mass is 9.97. The van der Waals surface area contributed by atoms with E-state index in [2.05, 4.69) is 5.32 Å². The third kappa shape index (κ3) is 4.32. The van der Waals surface area contributed by atoms with Crippen molar-refractivity contribution < 1.29 is 9.59 Å². The average molecular weight is 456 g/mol. The number of thioether (sulfide) groups is 1. The Labute approximate surface area is 189 Å². The van der Waals surface area contributed by atoms with Gasteiger partial charge in [0.2, 0.25) is 5.91 Å². The Balaban J connectivity index is 1.57. The van der Waals surface area contributed by atoms with Gasteiger partial charge in [0, 0.05) is 23.2 Å². The smallest absolute Gasteiger partial charge is 0.262 e. The van der Waals surface area contributed by atoms with E-state index >= 15 is 0 Å². The Hall–Kier alpha value is -2.45. The van der Waals surface area contributed by atoms with E-state index in [4.69, 9.17) is 4.98 Å². The summed E-state index contributed by atoms with van der Waals surface area (Å²) < 4.78 is 1.58. The van der Waals surface area contributed by atoms with Gasteiger partial charge in [-0.1, -0.05) is 18.7 Å². The first-order valence-electron chi connectivity index (χ1n) is 10.5. The van der Waals surface area contributed by atoms with E-state index in [0.717, 1.165) is 35.9 Å². The van der Waals surface area contributed by atoms with Gasteiger partial charge in [0.05, 0.1) is 10.6 Å². The Morgan fingerprint density at radius 3 is 2.61 bits per heavy atom. The number of aromatic nitrogens is 2. The first kappa shape index (κ1) is 21.8. The molecule has 2 heterocycles. The molecule has 31 heavy (non-hydrogen) atoms. The van der Waals surface area contributed by atoms with Gasteiger partial charge in [-0.3, -0.25) is 19.0 Å². The number of carbonyl (C=O) groups is 2. The van der Waals surface area contributed by atoms with Gasteiger partial charge in [0.1, 0.15) is 4.83 Å². The highest BCUT2D eigenvalue weighted by atomic mass is 32.2. The number of benzene rings is 1. The minimum absolute atomic E-state index is 0.0162. The van der Waals surface area contributed by atoms with Crippen molar-refractivity contribution >= 4 is 50.7 Å². The monoisotopic (exact) mass is 455 g/mol. The lowest BCUT2D eigenvalue weighted by Crippen LogP contribution is -2.27. The topological polar surface area (TPSA) is 81.1 Å². The van der Waals surface area contributed by atoms with E-state index in [-0.39, 0.29) is 17.2 Å². The van der Waals surface area contributed by atoms with Crippen LogP contribution in [0, 0.1) is 0 Å². The van der Waals surface area contributed by atoms with Crippen LogP contribution in [0.5, 0.6) is 0 Å². The molecular formula is C23H25N3O3S2. The molecule has 0 fully saturated rings. The normalized spacial score (nSPS) is 14.3. The number of ketones is 1. The molecule has 162 valence electrons. The van der Waals surface area contributed by atoms with E-state index in [1.165, 1.54) is 29.1 Å². The second-order valence-electron chi connectivity index (χ2n) is 7.79. The molecule has 1 aliphatic carbocycles. The van der Waals surface area contributed by atoms with Crippen molar-refractivity contribution in [1.29, 1.82) is 0 Å². The van der Waals surface area contributed by atoms with Gasteiger partial charge in [-0.25, -0.2) is 4.98 Å². The number of hydrogen-bond acceptors (Lipinski definition) is 6. The summed E-state index contributed by atoms with van der Waals surface area (Å²) in [6.07, 6.45) is 4.83. The molecule has 1 amide bonds. The number of rotatable bonds is 6. The van der Waals surface area contributed by atoms with Crippen molar-refractivity contribution in [3.8, 4) is 0 Å². The van der Waals surface area contributed by atoms with Crippen LogP contribution >= 0.6 is 23.1 Å². The van der Waals surface area contributed by atoms with Crippen molar-refractivity contribution in [1.82, 2.24) is 9.55 Å². The van der Waals surface area contributed by atoms with Gasteiger partial charge in [-0.05, 0) is 68.9 Å². The SMILES string of the molecule is CC[C@H](Sc1nc2sc3c(c2c(=O)n1C)CCCC3)C(=O)Nc1ccc(C(C)=O)cc1. The Bertz CT molecular complexity index is 1210. The van der Waals surface area contributed by atoms with Crippen LogP contribution in [0.1, 0.15) is 53.9 Å². The predicted octanol–water partition coefficient (Wildman–Crippen LogP) is 4.59. The van der Waals surface area contributed by atoms with Crippen molar-refractivity contribution in [2.24, 2.45) is 7.05 Å². The molecule has 1 atom stereocenters. The van der Waals surface area contributed by atoms with Gasteiger partial charge in [0.15, 0.2) is 10.9 Å². The summed E-state index contributed by atoms with van der Waals surface area (Å²) in [6.45, 7) is 3.45. The van der Waals surface area contributed by atoms with Crippen molar-refractivity contribution in [2.45, 2.75) is 56.4 Å². The third-order valence-corrected chi connectivity index (χ3v) is 8.22. The van der Waals surface area contributed by atoms with Crippen molar-refractivity contribution in [2.75, 3.05) is 5.32 Å². The van der Waals surface area contributed by atoms with Crippen LogP contribution in [0.4, 0.5) is 5.69 Å². The molecule has 3 aromatic rings. The molecule has 0 spiro atoms. The molecule has 4 rings (SSSR count). The summed E-state index contributed by atoms with van der Waals surface area (Å²) in [7, 11) is 1.73. The Morgan fingerprint density at radius 1 is 1.23 bits per heavy atom. The molecule has 0 saturated carbocycles. The van der Waals surface area contributed by atoms with Crippen molar-refractivity contribution in [3.63, 3.8) is 0 Å². The van der Waals surface area contributed by atoms with Crippen LogP contribution in [-0.2, 0) is 24.7 Å². The van der Waals surface area contributed by atoms with Crippen molar-refractivity contribution in [3.05, 3.63) is 50.6 Å². The zero-order valence-corrected chi connectivity index (χ0v) is 19.5. The quantitative estimate of drug-likeness (QED) is 0.334.